The zero-order valence-corrected chi connectivity index (χ0v) is 15.5. The van der Waals surface area contributed by atoms with E-state index in [1.54, 1.807) is 6.20 Å². The number of para-hydroxylation sites is 2. The second-order valence-corrected chi connectivity index (χ2v) is 6.82. The Morgan fingerprint density at radius 1 is 0.593 bits per heavy atom. The van der Waals surface area contributed by atoms with E-state index in [-0.39, 0.29) is 0 Å². The lowest BCUT2D eigenvalue weighted by Gasteiger charge is -2.12. The average molecular weight is 365 g/mol. The van der Waals surface area contributed by atoms with Gasteiger partial charge in [0.2, 0.25) is 0 Å². The molecule has 5 heteroatoms. The van der Waals surface area contributed by atoms with E-state index < -0.39 is 15.9 Å². The molecule has 0 unspecified atom stereocenters. The molecule has 0 spiro atoms. The second-order valence-electron chi connectivity index (χ2n) is 6.16. The lowest BCUT2D eigenvalue weighted by Crippen LogP contribution is -2.11. The van der Waals surface area contributed by atoms with Gasteiger partial charge in [-0.1, -0.05) is 54.6 Å². The summed E-state index contributed by atoms with van der Waals surface area (Å²) in [5, 5.41) is 4.42. The maximum Gasteiger partial charge on any atom is 0.882 e. The number of aromatic nitrogens is 2. The third-order valence-electron chi connectivity index (χ3n) is 4.53. The Balaban J connectivity index is 1.44. The monoisotopic (exact) mass is 365 g/mol. The van der Waals surface area contributed by atoms with Crippen LogP contribution in [0.1, 0.15) is 0 Å². The van der Waals surface area contributed by atoms with Crippen LogP contribution in [0.5, 0.6) is 11.5 Å². The van der Waals surface area contributed by atoms with Crippen LogP contribution in [0.2, 0.25) is 0 Å². The van der Waals surface area contributed by atoms with Gasteiger partial charge in [-0.05, 0) is 23.6 Å². The molecule has 1 radical (unpaired) electrons. The first-order chi connectivity index (χ1) is 13.4. The van der Waals surface area contributed by atoms with Crippen LogP contribution in [0.25, 0.3) is 32.6 Å². The van der Waals surface area contributed by atoms with E-state index in [4.69, 9.17) is 7.58 Å². The third-order valence-corrected chi connectivity index (χ3v) is 5.23. The number of rotatable bonds is 4. The summed E-state index contributed by atoms with van der Waals surface area (Å²) >= 11 is -0.741. The Kier molecular flexibility index (Phi) is 4.10. The Bertz CT molecular complexity index is 1270. The van der Waals surface area contributed by atoms with E-state index >= 15 is 0 Å². The molecule has 0 bridgehead atoms. The van der Waals surface area contributed by atoms with E-state index in [0.717, 1.165) is 38.7 Å². The first-order valence-electron chi connectivity index (χ1n) is 8.65. The Morgan fingerprint density at radius 3 is 2.22 bits per heavy atom. The van der Waals surface area contributed by atoms with E-state index in [2.05, 4.69) is 28.2 Å². The molecule has 0 saturated carbocycles. The minimum atomic E-state index is -0.741. The molecule has 0 fully saturated rings. The SMILES string of the molecule is c1cnc2c([O][Al][O]c3cccc4c3ncc3ccccc34)cccc2c1. The van der Waals surface area contributed by atoms with Crippen LogP contribution in [0.15, 0.2) is 85.2 Å². The summed E-state index contributed by atoms with van der Waals surface area (Å²) in [6.45, 7) is 0. The number of hydrogen-bond donors (Lipinski definition) is 0. The van der Waals surface area contributed by atoms with Crippen LogP contribution in [0, 0.1) is 0 Å². The number of pyridine rings is 2. The first-order valence-corrected chi connectivity index (χ1v) is 9.60. The van der Waals surface area contributed by atoms with Gasteiger partial charge in [-0.15, -0.1) is 0 Å². The number of fused-ring (bicyclic) bond motifs is 4. The fourth-order valence-electron chi connectivity index (χ4n) is 3.26. The molecule has 3 aromatic carbocycles. The van der Waals surface area contributed by atoms with Gasteiger partial charge in [0.05, 0.1) is 0 Å². The Labute approximate surface area is 162 Å². The van der Waals surface area contributed by atoms with Gasteiger partial charge < -0.3 is 7.58 Å². The lowest BCUT2D eigenvalue weighted by atomic mass is 10.1. The van der Waals surface area contributed by atoms with E-state index in [0.29, 0.717) is 0 Å². The van der Waals surface area contributed by atoms with Crippen molar-refractivity contribution in [3.05, 3.63) is 85.2 Å². The standard InChI is InChI=1S/C13H9NO.C9H7NO.Al/c15-12-7-3-6-11-10-5-2-1-4-9(10)8-14-13(11)12;11-8-5-1-3-7-4-2-6-10-9(7)8;/h1-8,15H;1-6,11H;/q;;+2/p-2. The normalized spacial score (nSPS) is 11.0. The molecule has 4 nitrogen and oxygen atoms in total. The summed E-state index contributed by atoms with van der Waals surface area (Å²) in [4.78, 5) is 9.02. The van der Waals surface area contributed by atoms with Crippen LogP contribution in [-0.4, -0.2) is 25.9 Å². The van der Waals surface area contributed by atoms with Gasteiger partial charge in [0.25, 0.3) is 0 Å². The molecule has 0 aliphatic carbocycles. The number of nitrogens with zero attached hydrogens (tertiary/aromatic N) is 2. The van der Waals surface area contributed by atoms with Crippen molar-refractivity contribution in [3.8, 4) is 11.5 Å². The molecular formula is C22H14AlN2O2. The van der Waals surface area contributed by atoms with Crippen molar-refractivity contribution in [2.45, 2.75) is 0 Å². The van der Waals surface area contributed by atoms with Gasteiger partial charge >= 0.3 is 15.9 Å². The van der Waals surface area contributed by atoms with Gasteiger partial charge in [0, 0.05) is 28.6 Å². The lowest BCUT2D eigenvalue weighted by molar-refractivity contribution is 0.463. The van der Waals surface area contributed by atoms with Gasteiger partial charge in [-0.25, -0.2) is 0 Å². The highest BCUT2D eigenvalue weighted by atomic mass is 27.2. The molecule has 5 rings (SSSR count). The van der Waals surface area contributed by atoms with Crippen molar-refractivity contribution in [1.29, 1.82) is 0 Å². The van der Waals surface area contributed by atoms with Crippen molar-refractivity contribution >= 4 is 48.5 Å². The molecule has 2 heterocycles. The quantitative estimate of drug-likeness (QED) is 0.335. The summed E-state index contributed by atoms with van der Waals surface area (Å²) in [5.74, 6) is 1.48. The van der Waals surface area contributed by atoms with Crippen LogP contribution in [0.4, 0.5) is 0 Å². The molecule has 5 aromatic rings. The fourth-order valence-corrected chi connectivity index (χ4v) is 3.89. The molecule has 0 aliphatic heterocycles. The summed E-state index contributed by atoms with van der Waals surface area (Å²) in [7, 11) is 0. The predicted molar refractivity (Wildman–Crippen MR) is 108 cm³/mol. The minimum Gasteiger partial charge on any atom is -0.614 e. The second kappa shape index (κ2) is 6.88. The summed E-state index contributed by atoms with van der Waals surface area (Å²) < 4.78 is 11.9. The smallest absolute Gasteiger partial charge is 0.614 e. The van der Waals surface area contributed by atoms with Crippen LogP contribution in [-0.2, 0) is 0 Å². The van der Waals surface area contributed by atoms with E-state index in [1.165, 1.54) is 5.39 Å². The number of hydrogen-bond acceptors (Lipinski definition) is 4. The molecule has 27 heavy (non-hydrogen) atoms. The zero-order valence-electron chi connectivity index (χ0n) is 14.4. The molecule has 0 amide bonds. The van der Waals surface area contributed by atoms with Crippen LogP contribution >= 0.6 is 0 Å². The van der Waals surface area contributed by atoms with Gasteiger partial charge in [0.15, 0.2) is 0 Å². The highest BCUT2D eigenvalue weighted by Gasteiger charge is 2.12. The fraction of sp³-hybridized carbons (Fsp3) is 0. The van der Waals surface area contributed by atoms with Crippen molar-refractivity contribution in [2.24, 2.45) is 0 Å². The topological polar surface area (TPSA) is 44.2 Å². The van der Waals surface area contributed by atoms with E-state index in [9.17, 15) is 0 Å². The third kappa shape index (κ3) is 2.98. The van der Waals surface area contributed by atoms with Crippen molar-refractivity contribution in [2.75, 3.05) is 0 Å². The molecule has 0 aliphatic rings. The van der Waals surface area contributed by atoms with Crippen molar-refractivity contribution in [3.63, 3.8) is 0 Å². The molecule has 2 aromatic heterocycles. The highest BCUT2D eigenvalue weighted by molar-refractivity contribution is 6.22. The molecular weight excluding hydrogens is 351 g/mol. The highest BCUT2D eigenvalue weighted by Crippen LogP contribution is 2.29. The first kappa shape index (κ1) is 16.1. The molecule has 0 atom stereocenters. The van der Waals surface area contributed by atoms with Crippen LogP contribution < -0.4 is 7.58 Å². The Morgan fingerprint density at radius 2 is 1.30 bits per heavy atom. The molecule has 127 valence electrons. The zero-order chi connectivity index (χ0) is 18.1. The molecule has 0 saturated heterocycles. The van der Waals surface area contributed by atoms with Gasteiger partial charge in [0.1, 0.15) is 22.5 Å². The van der Waals surface area contributed by atoms with Crippen molar-refractivity contribution < 1.29 is 7.58 Å². The van der Waals surface area contributed by atoms with Gasteiger partial charge in [-0.2, -0.15) is 0 Å². The average Bonchev–Trinajstić information content (AvgIpc) is 2.74. The van der Waals surface area contributed by atoms with Crippen LogP contribution in [0.3, 0.4) is 0 Å². The predicted octanol–water partition coefficient (Wildman–Crippen LogP) is 4.93. The van der Waals surface area contributed by atoms with E-state index in [1.807, 2.05) is 60.8 Å². The maximum atomic E-state index is 5.99. The summed E-state index contributed by atoms with van der Waals surface area (Å²) in [6.07, 6.45) is 3.65. The van der Waals surface area contributed by atoms with Crippen molar-refractivity contribution in [1.82, 2.24) is 9.97 Å². The number of benzene rings is 3. The minimum absolute atomic E-state index is 0.737. The Hall–Kier alpha value is -3.13. The summed E-state index contributed by atoms with van der Waals surface area (Å²) in [6, 6.07) is 24.1. The summed E-state index contributed by atoms with van der Waals surface area (Å²) in [5.41, 5.74) is 1.70. The van der Waals surface area contributed by atoms with Gasteiger partial charge in [-0.3, -0.25) is 9.97 Å². The largest absolute Gasteiger partial charge is 0.882 e. The molecule has 0 N–H and O–H groups in total. The maximum absolute atomic E-state index is 5.99.